The molecule has 0 radical (unpaired) electrons. The van der Waals surface area contributed by atoms with Crippen LogP contribution in [-0.2, 0) is 25.0 Å². The van der Waals surface area contributed by atoms with Crippen LogP contribution in [0.3, 0.4) is 0 Å². The van der Waals surface area contributed by atoms with E-state index >= 15 is 0 Å². The number of benzene rings is 1. The Hall–Kier alpha value is -3.66. The van der Waals surface area contributed by atoms with Crippen LogP contribution in [0.5, 0.6) is 5.88 Å². The van der Waals surface area contributed by atoms with Gasteiger partial charge >= 0.3 is 0 Å². The van der Waals surface area contributed by atoms with Crippen molar-refractivity contribution in [3.05, 3.63) is 83.1 Å². The Morgan fingerprint density at radius 3 is 2.62 bits per heavy atom. The molecule has 4 aromatic rings. The number of nitrogens with zero attached hydrogens (tertiary/aromatic N) is 6. The normalized spacial score (nSPS) is 17.6. The first-order valence-electron chi connectivity index (χ1n) is 11.0. The van der Waals surface area contributed by atoms with E-state index in [1.165, 1.54) is 0 Å². The summed E-state index contributed by atoms with van der Waals surface area (Å²) < 4.78 is 36.6. The van der Waals surface area contributed by atoms with Gasteiger partial charge in [-0.1, -0.05) is 0 Å². The molecule has 10 heteroatoms. The maximum atomic E-state index is 13.8. The third-order valence-corrected chi connectivity index (χ3v) is 6.02. The lowest BCUT2D eigenvalue weighted by atomic mass is 9.86. The average Bonchev–Trinajstić information content (AvgIpc) is 3.44. The average molecular weight is 466 g/mol. The van der Waals surface area contributed by atoms with Crippen LogP contribution in [0.15, 0.2) is 42.9 Å². The molecule has 5 rings (SSSR count). The van der Waals surface area contributed by atoms with Crippen molar-refractivity contribution in [3.63, 3.8) is 0 Å². The van der Waals surface area contributed by atoms with Crippen LogP contribution in [0.2, 0.25) is 0 Å². The van der Waals surface area contributed by atoms with Crippen molar-refractivity contribution < 1.29 is 18.6 Å². The number of pyridine rings is 1. The molecule has 176 valence electrons. The van der Waals surface area contributed by atoms with E-state index in [9.17, 15) is 13.9 Å². The monoisotopic (exact) mass is 466 g/mol. The highest BCUT2D eigenvalue weighted by Gasteiger charge is 2.40. The van der Waals surface area contributed by atoms with E-state index in [0.29, 0.717) is 49.8 Å². The van der Waals surface area contributed by atoms with E-state index in [2.05, 4.69) is 20.1 Å². The van der Waals surface area contributed by atoms with Crippen molar-refractivity contribution in [2.24, 2.45) is 0 Å². The molecule has 1 aromatic carbocycles. The SMILES string of the molecule is COc1nc(CCc2nc3n(n2)CCC[C@@]3(O)c2cc(F)cc(F)c2)ccc1-n1cnc(C)c1. The van der Waals surface area contributed by atoms with Crippen molar-refractivity contribution >= 4 is 0 Å². The van der Waals surface area contributed by atoms with Gasteiger partial charge in [-0.15, -0.1) is 0 Å². The molecule has 0 fully saturated rings. The topological polar surface area (TPSA) is 90.9 Å². The zero-order valence-corrected chi connectivity index (χ0v) is 18.9. The Kier molecular flexibility index (Phi) is 5.60. The van der Waals surface area contributed by atoms with Crippen molar-refractivity contribution in [2.75, 3.05) is 7.11 Å². The van der Waals surface area contributed by atoms with Crippen LogP contribution in [0, 0.1) is 18.6 Å². The second kappa shape index (κ2) is 8.60. The summed E-state index contributed by atoms with van der Waals surface area (Å²) in [5.74, 6) is -0.170. The van der Waals surface area contributed by atoms with E-state index in [4.69, 9.17) is 4.74 Å². The van der Waals surface area contributed by atoms with Crippen LogP contribution in [-0.4, -0.2) is 41.5 Å². The molecule has 4 heterocycles. The molecule has 0 unspecified atom stereocenters. The number of ether oxygens (including phenoxy) is 1. The number of fused-ring (bicyclic) bond motifs is 1. The minimum atomic E-state index is -1.60. The molecule has 1 aliphatic heterocycles. The molecule has 3 aromatic heterocycles. The second-order valence-corrected chi connectivity index (χ2v) is 8.45. The predicted molar refractivity (Wildman–Crippen MR) is 119 cm³/mol. The Balaban J connectivity index is 1.38. The third-order valence-electron chi connectivity index (χ3n) is 6.02. The molecule has 1 N–H and O–H groups in total. The minimum absolute atomic E-state index is 0.140. The van der Waals surface area contributed by atoms with E-state index in [0.717, 1.165) is 35.3 Å². The first kappa shape index (κ1) is 22.1. The number of imidazole rings is 1. The summed E-state index contributed by atoms with van der Waals surface area (Å²) in [6, 6.07) is 6.91. The first-order valence-corrected chi connectivity index (χ1v) is 11.0. The van der Waals surface area contributed by atoms with Gasteiger partial charge in [0.1, 0.15) is 22.9 Å². The summed E-state index contributed by atoms with van der Waals surface area (Å²) in [4.78, 5) is 13.4. The van der Waals surface area contributed by atoms with Gasteiger partial charge in [0.05, 0.1) is 19.1 Å². The highest BCUT2D eigenvalue weighted by atomic mass is 19.1. The van der Waals surface area contributed by atoms with E-state index in [1.54, 1.807) is 18.1 Å². The van der Waals surface area contributed by atoms with Gasteiger partial charge in [-0.25, -0.2) is 28.4 Å². The molecular weight excluding hydrogens is 442 g/mol. The summed E-state index contributed by atoms with van der Waals surface area (Å²) in [7, 11) is 1.57. The lowest BCUT2D eigenvalue weighted by Crippen LogP contribution is -2.35. The standard InChI is InChI=1S/C24H24F2N6O2/c1-15-13-31(14-27-15)20-6-4-19(28-22(20)34-2)5-7-21-29-23-24(33,8-3-9-32(23)30-21)16-10-17(25)12-18(26)11-16/h4,6,10-14,33H,3,5,7-9H2,1-2H3/t24-/m1/s1. The van der Waals surface area contributed by atoms with Crippen LogP contribution in [0.25, 0.3) is 5.69 Å². The Bertz CT molecular complexity index is 1330. The number of rotatable bonds is 6. The number of aryl methyl sites for hydroxylation is 4. The zero-order valence-electron chi connectivity index (χ0n) is 18.9. The Labute approximate surface area is 194 Å². The van der Waals surface area contributed by atoms with Gasteiger partial charge in [0, 0.05) is 30.9 Å². The van der Waals surface area contributed by atoms with Crippen LogP contribution >= 0.6 is 0 Å². The van der Waals surface area contributed by atoms with Crippen molar-refractivity contribution in [3.8, 4) is 11.6 Å². The minimum Gasteiger partial charge on any atom is -0.479 e. The number of hydrogen-bond donors (Lipinski definition) is 1. The molecule has 34 heavy (non-hydrogen) atoms. The van der Waals surface area contributed by atoms with Crippen molar-refractivity contribution in [1.82, 2.24) is 29.3 Å². The maximum absolute atomic E-state index is 13.8. The van der Waals surface area contributed by atoms with Gasteiger partial charge in [0.15, 0.2) is 11.6 Å². The molecule has 1 aliphatic rings. The fourth-order valence-electron chi connectivity index (χ4n) is 4.37. The largest absolute Gasteiger partial charge is 0.479 e. The molecule has 0 amide bonds. The number of methoxy groups -OCH3 is 1. The van der Waals surface area contributed by atoms with Gasteiger partial charge in [-0.05, 0) is 56.0 Å². The highest BCUT2D eigenvalue weighted by Crippen LogP contribution is 2.37. The second-order valence-electron chi connectivity index (χ2n) is 8.45. The third kappa shape index (κ3) is 4.05. The molecule has 0 bridgehead atoms. The number of aromatic nitrogens is 6. The van der Waals surface area contributed by atoms with Crippen molar-refractivity contribution in [2.45, 2.75) is 44.8 Å². The summed E-state index contributed by atoms with van der Waals surface area (Å²) in [5.41, 5.74) is 1.02. The van der Waals surface area contributed by atoms with Crippen LogP contribution in [0.4, 0.5) is 8.78 Å². The fourth-order valence-corrected chi connectivity index (χ4v) is 4.37. The van der Waals surface area contributed by atoms with Crippen LogP contribution in [0.1, 0.15) is 41.4 Å². The van der Waals surface area contributed by atoms with Gasteiger partial charge in [0.25, 0.3) is 0 Å². The van der Waals surface area contributed by atoms with Gasteiger partial charge in [-0.3, -0.25) is 0 Å². The molecule has 0 spiro atoms. The molecule has 8 nitrogen and oxygen atoms in total. The Morgan fingerprint density at radius 2 is 1.91 bits per heavy atom. The fraction of sp³-hybridized carbons (Fsp3) is 0.333. The van der Waals surface area contributed by atoms with E-state index in [1.807, 2.05) is 29.8 Å². The lowest BCUT2D eigenvalue weighted by molar-refractivity contribution is 0.0389. The number of aliphatic hydroxyl groups is 1. The Morgan fingerprint density at radius 1 is 1.12 bits per heavy atom. The lowest BCUT2D eigenvalue weighted by Gasteiger charge is -2.31. The summed E-state index contributed by atoms with van der Waals surface area (Å²) in [5, 5.41) is 15.9. The molecule has 0 saturated carbocycles. The quantitative estimate of drug-likeness (QED) is 0.469. The number of halogens is 2. The van der Waals surface area contributed by atoms with E-state index < -0.39 is 17.2 Å². The van der Waals surface area contributed by atoms with Gasteiger partial charge in [-0.2, -0.15) is 5.10 Å². The van der Waals surface area contributed by atoms with Crippen molar-refractivity contribution in [1.29, 1.82) is 0 Å². The first-order chi connectivity index (χ1) is 16.4. The summed E-state index contributed by atoms with van der Waals surface area (Å²) in [6.45, 7) is 2.49. The highest BCUT2D eigenvalue weighted by molar-refractivity contribution is 5.43. The number of hydrogen-bond acceptors (Lipinski definition) is 6. The van der Waals surface area contributed by atoms with Crippen LogP contribution < -0.4 is 4.74 Å². The van der Waals surface area contributed by atoms with Gasteiger partial charge in [0.2, 0.25) is 5.88 Å². The molecule has 1 atom stereocenters. The zero-order chi connectivity index (χ0) is 23.9. The molecular formula is C24H24F2N6O2. The molecule has 0 saturated heterocycles. The summed E-state index contributed by atoms with van der Waals surface area (Å²) >= 11 is 0. The van der Waals surface area contributed by atoms with Gasteiger partial charge < -0.3 is 14.4 Å². The predicted octanol–water partition coefficient (Wildman–Crippen LogP) is 3.27. The molecule has 0 aliphatic carbocycles. The maximum Gasteiger partial charge on any atom is 0.238 e. The smallest absolute Gasteiger partial charge is 0.238 e. The summed E-state index contributed by atoms with van der Waals surface area (Å²) in [6.07, 6.45) is 5.55. The van der Waals surface area contributed by atoms with E-state index in [-0.39, 0.29) is 5.56 Å².